The van der Waals surface area contributed by atoms with E-state index in [1.165, 1.54) is 0 Å². The zero-order valence-corrected chi connectivity index (χ0v) is 13.2. The van der Waals surface area contributed by atoms with Crippen molar-refractivity contribution < 1.29 is 0 Å². The molecule has 0 radical (unpaired) electrons. The minimum atomic E-state index is -0.658. The molecule has 110 valence electrons. The predicted molar refractivity (Wildman–Crippen MR) is 85.9 cm³/mol. The molecule has 0 spiro atoms. The maximum atomic E-state index is 9.79. The quantitative estimate of drug-likeness (QED) is 0.770. The molecule has 0 bridgehead atoms. The van der Waals surface area contributed by atoms with Crippen LogP contribution >= 0.6 is 11.8 Å². The highest BCUT2D eigenvalue weighted by atomic mass is 32.2. The Hall–Kier alpha value is -1.77. The fourth-order valence-electron chi connectivity index (χ4n) is 2.30. The highest BCUT2D eigenvalue weighted by Gasteiger charge is 2.32. The molecule has 2 N–H and O–H groups in total. The van der Waals surface area contributed by atoms with E-state index in [1.807, 2.05) is 36.5 Å². The summed E-state index contributed by atoms with van der Waals surface area (Å²) >= 11 is 1.63. The Kier molecular flexibility index (Phi) is 5.43. The van der Waals surface area contributed by atoms with E-state index < -0.39 is 5.54 Å². The zero-order valence-electron chi connectivity index (χ0n) is 12.3. The number of imidazole rings is 1. The topological polar surface area (TPSA) is 64.5 Å². The fraction of sp³-hybridized carbons (Fsp3) is 0.375. The van der Waals surface area contributed by atoms with E-state index in [2.05, 4.69) is 35.2 Å². The monoisotopic (exact) mass is 300 g/mol. The van der Waals surface area contributed by atoms with Crippen LogP contribution in [0.15, 0.2) is 47.9 Å². The van der Waals surface area contributed by atoms with Gasteiger partial charge in [0.2, 0.25) is 0 Å². The first-order valence-corrected chi connectivity index (χ1v) is 8.01. The third-order valence-corrected chi connectivity index (χ3v) is 4.09. The summed E-state index contributed by atoms with van der Waals surface area (Å²) in [7, 11) is 0. The number of thioether (sulfide) groups is 1. The van der Waals surface area contributed by atoms with Crippen LogP contribution < -0.4 is 5.32 Å². The molecule has 2 rings (SSSR count). The van der Waals surface area contributed by atoms with Crippen LogP contribution in [-0.2, 0) is 5.54 Å². The summed E-state index contributed by atoms with van der Waals surface area (Å²) in [5, 5.41) is 14.1. The van der Waals surface area contributed by atoms with Crippen molar-refractivity contribution in [2.24, 2.45) is 0 Å². The van der Waals surface area contributed by atoms with Crippen LogP contribution in [0.25, 0.3) is 0 Å². The SMILES string of the molecule is CC(C)NC(C#N)(CCSc1ncc[nH]1)c1ccccc1. The average Bonchev–Trinajstić information content (AvgIpc) is 3.00. The molecule has 0 aliphatic heterocycles. The Morgan fingerprint density at radius 3 is 2.71 bits per heavy atom. The van der Waals surface area contributed by atoms with Crippen molar-refractivity contribution in [2.45, 2.75) is 37.0 Å². The molecule has 1 unspecified atom stereocenters. The minimum absolute atomic E-state index is 0.235. The smallest absolute Gasteiger partial charge is 0.165 e. The average molecular weight is 300 g/mol. The van der Waals surface area contributed by atoms with E-state index in [-0.39, 0.29) is 6.04 Å². The van der Waals surface area contributed by atoms with Gasteiger partial charge in [-0.2, -0.15) is 5.26 Å². The summed E-state index contributed by atoms with van der Waals surface area (Å²) < 4.78 is 0. The molecule has 0 aliphatic carbocycles. The number of aromatic nitrogens is 2. The number of nitrogens with one attached hydrogen (secondary N) is 2. The molecule has 5 heteroatoms. The normalized spacial score (nSPS) is 13.8. The number of rotatable bonds is 7. The van der Waals surface area contributed by atoms with Gasteiger partial charge in [0.05, 0.1) is 6.07 Å². The highest BCUT2D eigenvalue weighted by molar-refractivity contribution is 7.99. The van der Waals surface area contributed by atoms with Gasteiger partial charge in [0, 0.05) is 24.2 Å². The number of nitrogens with zero attached hydrogens (tertiary/aromatic N) is 2. The molecular weight excluding hydrogens is 280 g/mol. The summed E-state index contributed by atoms with van der Waals surface area (Å²) in [6.07, 6.45) is 4.27. The van der Waals surface area contributed by atoms with Gasteiger partial charge in [-0.15, -0.1) is 0 Å². The number of hydrogen-bond acceptors (Lipinski definition) is 4. The molecule has 4 nitrogen and oxygen atoms in total. The Morgan fingerprint density at radius 2 is 2.14 bits per heavy atom. The maximum Gasteiger partial charge on any atom is 0.165 e. The van der Waals surface area contributed by atoms with E-state index in [4.69, 9.17) is 0 Å². The minimum Gasteiger partial charge on any atom is -0.340 e. The van der Waals surface area contributed by atoms with Gasteiger partial charge in [-0.1, -0.05) is 42.1 Å². The Balaban J connectivity index is 2.13. The van der Waals surface area contributed by atoms with Crippen molar-refractivity contribution in [3.05, 3.63) is 48.3 Å². The Morgan fingerprint density at radius 1 is 1.38 bits per heavy atom. The van der Waals surface area contributed by atoms with Crippen LogP contribution in [0, 0.1) is 11.3 Å². The second-order valence-corrected chi connectivity index (χ2v) is 6.26. The van der Waals surface area contributed by atoms with Gasteiger partial charge >= 0.3 is 0 Å². The lowest BCUT2D eigenvalue weighted by atomic mass is 9.88. The first-order chi connectivity index (χ1) is 10.2. The molecule has 1 heterocycles. The predicted octanol–water partition coefficient (Wildman–Crippen LogP) is 3.31. The number of nitriles is 1. The standard InChI is InChI=1S/C16H20N4S/c1-13(2)20-16(12-17,14-6-4-3-5-7-14)8-11-21-15-18-9-10-19-15/h3-7,9-10,13,20H,8,11H2,1-2H3,(H,18,19). The summed E-state index contributed by atoms with van der Waals surface area (Å²) in [4.78, 5) is 7.27. The van der Waals surface area contributed by atoms with Crippen LogP contribution in [0.2, 0.25) is 0 Å². The van der Waals surface area contributed by atoms with Gasteiger partial charge in [0.25, 0.3) is 0 Å². The molecule has 1 aromatic carbocycles. The molecule has 0 amide bonds. The van der Waals surface area contributed by atoms with Crippen molar-refractivity contribution in [3.63, 3.8) is 0 Å². The van der Waals surface area contributed by atoms with Gasteiger partial charge in [-0.25, -0.2) is 4.98 Å². The molecule has 0 fully saturated rings. The molecule has 2 aromatic rings. The first-order valence-electron chi connectivity index (χ1n) is 7.03. The lowest BCUT2D eigenvalue weighted by Gasteiger charge is -2.30. The fourth-order valence-corrected chi connectivity index (χ4v) is 3.19. The van der Waals surface area contributed by atoms with Crippen LogP contribution in [0.1, 0.15) is 25.8 Å². The highest BCUT2D eigenvalue weighted by Crippen LogP contribution is 2.28. The van der Waals surface area contributed by atoms with Crippen molar-refractivity contribution >= 4 is 11.8 Å². The van der Waals surface area contributed by atoms with Gasteiger partial charge < -0.3 is 4.98 Å². The second-order valence-electron chi connectivity index (χ2n) is 5.17. The lowest BCUT2D eigenvalue weighted by Crippen LogP contribution is -2.45. The maximum absolute atomic E-state index is 9.79. The molecule has 0 saturated carbocycles. The summed E-state index contributed by atoms with van der Waals surface area (Å²) in [6.45, 7) is 4.13. The van der Waals surface area contributed by atoms with Crippen molar-refractivity contribution in [1.82, 2.24) is 15.3 Å². The van der Waals surface area contributed by atoms with Gasteiger partial charge in [-0.3, -0.25) is 5.32 Å². The van der Waals surface area contributed by atoms with Gasteiger partial charge in [0.15, 0.2) is 5.16 Å². The zero-order chi connectivity index (χ0) is 15.1. The molecule has 0 saturated heterocycles. The van der Waals surface area contributed by atoms with Crippen LogP contribution in [0.3, 0.4) is 0 Å². The Labute approximate surface area is 130 Å². The van der Waals surface area contributed by atoms with Crippen LogP contribution in [-0.4, -0.2) is 21.8 Å². The van der Waals surface area contributed by atoms with Gasteiger partial charge in [-0.05, 0) is 25.8 Å². The first kappa shape index (κ1) is 15.6. The Bertz CT molecular complexity index is 574. The van der Waals surface area contributed by atoms with Crippen molar-refractivity contribution in [2.75, 3.05) is 5.75 Å². The number of benzene rings is 1. The van der Waals surface area contributed by atoms with Gasteiger partial charge in [0.1, 0.15) is 5.54 Å². The van der Waals surface area contributed by atoms with E-state index in [1.54, 1.807) is 18.0 Å². The third kappa shape index (κ3) is 4.10. The van der Waals surface area contributed by atoms with E-state index in [9.17, 15) is 5.26 Å². The summed E-state index contributed by atoms with van der Waals surface area (Å²) in [6, 6.07) is 12.7. The van der Waals surface area contributed by atoms with Crippen LogP contribution in [0.4, 0.5) is 0 Å². The molecule has 21 heavy (non-hydrogen) atoms. The van der Waals surface area contributed by atoms with Crippen LogP contribution in [0.5, 0.6) is 0 Å². The number of H-pyrrole nitrogens is 1. The number of aromatic amines is 1. The molecule has 1 aromatic heterocycles. The summed E-state index contributed by atoms with van der Waals surface area (Å²) in [5.74, 6) is 0.815. The molecular formula is C16H20N4S. The number of hydrogen-bond donors (Lipinski definition) is 2. The second kappa shape index (κ2) is 7.30. The van der Waals surface area contributed by atoms with E-state index in [0.29, 0.717) is 0 Å². The summed E-state index contributed by atoms with van der Waals surface area (Å²) in [5.41, 5.74) is 0.357. The van der Waals surface area contributed by atoms with Crippen molar-refractivity contribution in [3.8, 4) is 6.07 Å². The third-order valence-electron chi connectivity index (χ3n) is 3.18. The largest absolute Gasteiger partial charge is 0.340 e. The molecule has 1 atom stereocenters. The van der Waals surface area contributed by atoms with E-state index >= 15 is 0 Å². The lowest BCUT2D eigenvalue weighted by molar-refractivity contribution is 0.378. The molecule has 0 aliphatic rings. The van der Waals surface area contributed by atoms with E-state index in [0.717, 1.165) is 22.9 Å². The van der Waals surface area contributed by atoms with Crippen molar-refractivity contribution in [1.29, 1.82) is 5.26 Å².